The zero-order valence-electron chi connectivity index (χ0n) is 19.5. The molecule has 1 aromatic heterocycles. The van der Waals surface area contributed by atoms with Gasteiger partial charge in [0.1, 0.15) is 18.2 Å². The Morgan fingerprint density at radius 2 is 1.97 bits per heavy atom. The number of aromatic nitrogens is 1. The summed E-state index contributed by atoms with van der Waals surface area (Å²) in [5.41, 5.74) is 2.44. The van der Waals surface area contributed by atoms with Crippen LogP contribution in [0.2, 0.25) is 5.02 Å². The number of piperidine rings is 1. The molecule has 1 aliphatic carbocycles. The smallest absolute Gasteiger partial charge is 0.235 e. The molecule has 184 valence electrons. The number of hydrogen-bond donors (Lipinski definition) is 2. The summed E-state index contributed by atoms with van der Waals surface area (Å²) in [6.45, 7) is 2.92. The molecule has 0 unspecified atom stereocenters. The summed E-state index contributed by atoms with van der Waals surface area (Å²) < 4.78 is 6.02. The van der Waals surface area contributed by atoms with E-state index in [1.807, 2.05) is 24.3 Å². The molecule has 9 heteroatoms. The molecule has 2 aromatic rings. The number of likely N-dealkylation sites (tertiary alicyclic amines) is 1. The fourth-order valence-corrected chi connectivity index (χ4v) is 6.09. The Morgan fingerprint density at radius 1 is 1.17 bits per heavy atom. The fourth-order valence-electron chi connectivity index (χ4n) is 5.92. The minimum Gasteiger partial charge on any atom is -0.491 e. The molecule has 8 nitrogen and oxygen atoms in total. The quantitative estimate of drug-likeness (QED) is 0.661. The Morgan fingerprint density at radius 3 is 2.74 bits per heavy atom. The summed E-state index contributed by atoms with van der Waals surface area (Å²) in [6.07, 6.45) is 5.23. The van der Waals surface area contributed by atoms with Crippen molar-refractivity contribution in [3.05, 3.63) is 46.6 Å². The SMILES string of the molecule is O=C1CCc2cc(OCCN3CCC4(CC3)C(=O)Nc3ccc(Cl)cc34)cnc2N1[C@H]1C[C@@H](O)C1. The van der Waals surface area contributed by atoms with Gasteiger partial charge in [-0.1, -0.05) is 11.6 Å². The second-order valence-electron chi connectivity index (χ2n) is 10.1. The lowest BCUT2D eigenvalue weighted by molar-refractivity contribution is -0.122. The Kier molecular flexibility index (Phi) is 5.70. The van der Waals surface area contributed by atoms with Crippen molar-refractivity contribution in [2.24, 2.45) is 0 Å². The van der Waals surface area contributed by atoms with Crippen molar-refractivity contribution in [1.82, 2.24) is 9.88 Å². The number of carbonyl (C=O) groups is 2. The normalized spacial score (nSPS) is 25.1. The van der Waals surface area contributed by atoms with E-state index in [0.717, 1.165) is 49.3 Å². The van der Waals surface area contributed by atoms with Crippen molar-refractivity contribution in [3.63, 3.8) is 0 Å². The van der Waals surface area contributed by atoms with E-state index in [0.29, 0.717) is 48.9 Å². The average molecular weight is 497 g/mol. The third kappa shape index (κ3) is 3.97. The molecular formula is C26H29ClN4O4. The van der Waals surface area contributed by atoms with E-state index in [1.165, 1.54) is 0 Å². The van der Waals surface area contributed by atoms with Crippen LogP contribution < -0.4 is 15.0 Å². The third-order valence-electron chi connectivity index (χ3n) is 8.04. The van der Waals surface area contributed by atoms with Gasteiger partial charge >= 0.3 is 0 Å². The van der Waals surface area contributed by atoms with E-state index >= 15 is 0 Å². The van der Waals surface area contributed by atoms with Gasteiger partial charge < -0.3 is 15.2 Å². The highest BCUT2D eigenvalue weighted by Gasteiger charge is 2.48. The number of nitrogens with zero attached hydrogens (tertiary/aromatic N) is 3. The van der Waals surface area contributed by atoms with Gasteiger partial charge in [0, 0.05) is 29.7 Å². The topological polar surface area (TPSA) is 95.0 Å². The molecule has 1 saturated heterocycles. The number of benzene rings is 1. The van der Waals surface area contributed by atoms with Gasteiger partial charge in [-0.15, -0.1) is 0 Å². The van der Waals surface area contributed by atoms with E-state index in [1.54, 1.807) is 11.1 Å². The zero-order valence-corrected chi connectivity index (χ0v) is 20.3. The number of amides is 2. The van der Waals surface area contributed by atoms with Gasteiger partial charge in [-0.3, -0.25) is 19.4 Å². The predicted octanol–water partition coefficient (Wildman–Crippen LogP) is 2.90. The van der Waals surface area contributed by atoms with Gasteiger partial charge in [-0.25, -0.2) is 4.98 Å². The molecule has 6 rings (SSSR count). The summed E-state index contributed by atoms with van der Waals surface area (Å²) in [7, 11) is 0. The number of anilines is 2. The summed E-state index contributed by atoms with van der Waals surface area (Å²) in [4.78, 5) is 33.9. The van der Waals surface area contributed by atoms with Gasteiger partial charge in [-0.05, 0) is 80.6 Å². The first-order valence-corrected chi connectivity index (χ1v) is 12.8. The fraction of sp³-hybridized carbons (Fsp3) is 0.500. The monoisotopic (exact) mass is 496 g/mol. The van der Waals surface area contributed by atoms with Crippen molar-refractivity contribution >= 4 is 34.9 Å². The predicted molar refractivity (Wildman–Crippen MR) is 132 cm³/mol. The van der Waals surface area contributed by atoms with Crippen LogP contribution in [0.4, 0.5) is 11.5 Å². The molecule has 2 fully saturated rings. The standard InChI is InChI=1S/C26H29ClN4O4/c27-17-2-3-22-21(12-17)26(25(34)29-22)5-7-30(8-6-26)9-10-35-20-11-16-1-4-23(33)31(24(16)28-15-20)18-13-19(32)14-18/h2-3,11-12,15,18-19,32H,1,4-10,13-14H2,(H,29,34)/t18-,19+. The van der Waals surface area contributed by atoms with Gasteiger partial charge in [0.15, 0.2) is 0 Å². The number of aliphatic hydroxyl groups excluding tert-OH is 1. The van der Waals surface area contributed by atoms with Crippen LogP contribution in [-0.4, -0.2) is 65.2 Å². The summed E-state index contributed by atoms with van der Waals surface area (Å²) in [5.74, 6) is 1.58. The number of aliphatic hydroxyl groups is 1. The molecular weight excluding hydrogens is 468 g/mol. The van der Waals surface area contributed by atoms with Gasteiger partial charge in [0.25, 0.3) is 0 Å². The Hall–Kier alpha value is -2.68. The van der Waals surface area contributed by atoms with Gasteiger partial charge in [-0.2, -0.15) is 0 Å². The molecule has 2 amide bonds. The minimum absolute atomic E-state index is 0.0446. The molecule has 35 heavy (non-hydrogen) atoms. The lowest BCUT2D eigenvalue weighted by Gasteiger charge is -2.42. The molecule has 2 N–H and O–H groups in total. The maximum Gasteiger partial charge on any atom is 0.235 e. The van der Waals surface area contributed by atoms with Crippen molar-refractivity contribution in [2.75, 3.05) is 36.5 Å². The second-order valence-corrected chi connectivity index (χ2v) is 10.5. The number of rotatable bonds is 5. The highest BCUT2D eigenvalue weighted by Crippen LogP contribution is 2.45. The Labute approximate surface area is 209 Å². The maximum atomic E-state index is 12.8. The molecule has 1 aromatic carbocycles. The minimum atomic E-state index is -0.486. The largest absolute Gasteiger partial charge is 0.491 e. The number of halogens is 1. The van der Waals surface area contributed by atoms with Crippen molar-refractivity contribution in [3.8, 4) is 5.75 Å². The average Bonchev–Trinajstić information content (AvgIpc) is 3.09. The molecule has 4 aliphatic rings. The molecule has 1 saturated carbocycles. The first-order valence-electron chi connectivity index (χ1n) is 12.4. The number of ether oxygens (including phenoxy) is 1. The molecule has 0 atom stereocenters. The molecule has 3 aliphatic heterocycles. The van der Waals surface area contributed by atoms with Gasteiger partial charge in [0.05, 0.1) is 17.7 Å². The van der Waals surface area contributed by atoms with Crippen LogP contribution in [0.25, 0.3) is 0 Å². The first kappa shape index (κ1) is 22.8. The van der Waals surface area contributed by atoms with Gasteiger partial charge in [0.2, 0.25) is 11.8 Å². The van der Waals surface area contributed by atoms with Crippen LogP contribution in [0.1, 0.15) is 43.2 Å². The summed E-state index contributed by atoms with van der Waals surface area (Å²) in [6, 6.07) is 7.67. The highest BCUT2D eigenvalue weighted by molar-refractivity contribution is 6.31. The molecule has 0 radical (unpaired) electrons. The Balaban J connectivity index is 1.05. The third-order valence-corrected chi connectivity index (χ3v) is 8.28. The van der Waals surface area contributed by atoms with E-state index in [9.17, 15) is 14.7 Å². The van der Waals surface area contributed by atoms with Crippen LogP contribution in [0.3, 0.4) is 0 Å². The zero-order chi connectivity index (χ0) is 24.2. The Bertz CT molecular complexity index is 1170. The molecule has 4 heterocycles. The molecule has 1 spiro atoms. The van der Waals surface area contributed by atoms with Crippen molar-refractivity contribution < 1.29 is 19.4 Å². The summed E-state index contributed by atoms with van der Waals surface area (Å²) >= 11 is 6.22. The van der Waals surface area contributed by atoms with Crippen LogP contribution >= 0.6 is 11.6 Å². The van der Waals surface area contributed by atoms with E-state index in [2.05, 4.69) is 15.2 Å². The number of hydrogen-bond acceptors (Lipinski definition) is 6. The number of pyridine rings is 1. The lowest BCUT2D eigenvalue weighted by atomic mass is 9.73. The van der Waals surface area contributed by atoms with Crippen LogP contribution in [-0.2, 0) is 21.4 Å². The maximum absolute atomic E-state index is 12.8. The number of aryl methyl sites for hydroxylation is 1. The van der Waals surface area contributed by atoms with Crippen molar-refractivity contribution in [1.29, 1.82) is 0 Å². The first-order chi connectivity index (χ1) is 16.9. The number of carbonyl (C=O) groups excluding carboxylic acids is 2. The van der Waals surface area contributed by atoms with E-state index in [-0.39, 0.29) is 24.0 Å². The lowest BCUT2D eigenvalue weighted by Crippen LogP contribution is -2.52. The number of nitrogens with one attached hydrogen (secondary N) is 1. The number of fused-ring (bicyclic) bond motifs is 3. The van der Waals surface area contributed by atoms with Crippen LogP contribution in [0, 0.1) is 0 Å². The second kappa shape index (κ2) is 8.76. The highest BCUT2D eigenvalue weighted by atomic mass is 35.5. The summed E-state index contributed by atoms with van der Waals surface area (Å²) in [5, 5.41) is 13.3. The van der Waals surface area contributed by atoms with Crippen LogP contribution in [0.15, 0.2) is 30.5 Å². The van der Waals surface area contributed by atoms with Crippen LogP contribution in [0.5, 0.6) is 5.75 Å². The van der Waals surface area contributed by atoms with E-state index in [4.69, 9.17) is 16.3 Å². The van der Waals surface area contributed by atoms with Crippen molar-refractivity contribution in [2.45, 2.75) is 56.1 Å². The molecule has 0 bridgehead atoms. The van der Waals surface area contributed by atoms with E-state index < -0.39 is 5.41 Å².